The fourth-order valence-electron chi connectivity index (χ4n) is 2.58. The molecule has 3 heteroatoms. The summed E-state index contributed by atoms with van der Waals surface area (Å²) in [7, 11) is 0. The molecule has 2 atom stereocenters. The fourth-order valence-corrected chi connectivity index (χ4v) is 2.58. The summed E-state index contributed by atoms with van der Waals surface area (Å²) in [4.78, 5) is 14.5. The Morgan fingerprint density at radius 1 is 1.35 bits per heavy atom. The van der Waals surface area contributed by atoms with Crippen molar-refractivity contribution in [1.82, 2.24) is 10.2 Å². The second-order valence-corrected chi connectivity index (χ2v) is 5.68. The second kappa shape index (κ2) is 5.85. The number of hydrogen-bond donors (Lipinski definition) is 1. The van der Waals surface area contributed by atoms with E-state index >= 15 is 0 Å². The average molecular weight is 238 g/mol. The highest BCUT2D eigenvalue weighted by Gasteiger charge is 2.35. The summed E-state index contributed by atoms with van der Waals surface area (Å²) in [6.07, 6.45) is 7.23. The Kier molecular flexibility index (Phi) is 4.43. The number of nitrogens with one attached hydrogen (secondary N) is 1. The van der Waals surface area contributed by atoms with Crippen LogP contribution in [0.3, 0.4) is 0 Å². The van der Waals surface area contributed by atoms with Crippen LogP contribution in [-0.4, -0.2) is 36.0 Å². The van der Waals surface area contributed by atoms with Gasteiger partial charge in [-0.1, -0.05) is 20.3 Å². The lowest BCUT2D eigenvalue weighted by molar-refractivity contribution is -0.136. The van der Waals surface area contributed by atoms with E-state index in [-0.39, 0.29) is 5.92 Å². The zero-order chi connectivity index (χ0) is 12.3. The summed E-state index contributed by atoms with van der Waals surface area (Å²) in [5.74, 6) is 0.571. The number of carbonyl (C=O) groups excluding carboxylic acids is 1. The van der Waals surface area contributed by atoms with E-state index in [0.717, 1.165) is 19.5 Å². The van der Waals surface area contributed by atoms with Crippen molar-refractivity contribution < 1.29 is 4.79 Å². The Labute approximate surface area is 105 Å². The summed E-state index contributed by atoms with van der Waals surface area (Å²) >= 11 is 0. The van der Waals surface area contributed by atoms with Crippen molar-refractivity contribution in [1.29, 1.82) is 0 Å². The molecule has 1 saturated heterocycles. The molecule has 1 heterocycles. The molecule has 1 aliphatic heterocycles. The van der Waals surface area contributed by atoms with Gasteiger partial charge >= 0.3 is 0 Å². The largest absolute Gasteiger partial charge is 0.338 e. The van der Waals surface area contributed by atoms with Crippen LogP contribution >= 0.6 is 0 Å². The Morgan fingerprint density at radius 3 is 2.65 bits per heavy atom. The van der Waals surface area contributed by atoms with Gasteiger partial charge in [0.25, 0.3) is 0 Å². The van der Waals surface area contributed by atoms with Crippen LogP contribution in [0, 0.1) is 5.92 Å². The SMILES string of the molecule is CCC(C)C(=O)N(CC1CCCCN1)C1CC1. The number of amides is 1. The lowest BCUT2D eigenvalue weighted by atomic mass is 10.0. The van der Waals surface area contributed by atoms with Gasteiger partial charge in [-0.25, -0.2) is 0 Å². The molecule has 0 bridgehead atoms. The summed E-state index contributed by atoms with van der Waals surface area (Å²) in [5.41, 5.74) is 0. The van der Waals surface area contributed by atoms with Crippen LogP contribution in [0.15, 0.2) is 0 Å². The summed E-state index contributed by atoms with van der Waals surface area (Å²) in [5, 5.41) is 3.55. The van der Waals surface area contributed by atoms with Gasteiger partial charge in [-0.3, -0.25) is 4.79 Å². The monoisotopic (exact) mass is 238 g/mol. The molecule has 0 radical (unpaired) electrons. The molecular formula is C14H26N2O. The van der Waals surface area contributed by atoms with Crippen LogP contribution in [0.2, 0.25) is 0 Å². The van der Waals surface area contributed by atoms with Gasteiger partial charge in [0.05, 0.1) is 0 Å². The molecular weight excluding hydrogens is 212 g/mol. The molecule has 1 aliphatic carbocycles. The average Bonchev–Trinajstić information content (AvgIpc) is 3.19. The van der Waals surface area contributed by atoms with E-state index in [1.165, 1.54) is 32.1 Å². The molecule has 3 nitrogen and oxygen atoms in total. The van der Waals surface area contributed by atoms with Gasteiger partial charge in [-0.15, -0.1) is 0 Å². The predicted molar refractivity (Wildman–Crippen MR) is 69.8 cm³/mol. The summed E-state index contributed by atoms with van der Waals surface area (Å²) in [6.45, 7) is 6.23. The molecule has 2 unspecified atom stereocenters. The van der Waals surface area contributed by atoms with Gasteiger partial charge in [0.15, 0.2) is 0 Å². The molecule has 0 spiro atoms. The first-order chi connectivity index (χ1) is 8.22. The van der Waals surface area contributed by atoms with E-state index in [1.54, 1.807) is 0 Å². The summed E-state index contributed by atoms with van der Waals surface area (Å²) < 4.78 is 0. The molecule has 0 aromatic rings. The Hall–Kier alpha value is -0.570. The predicted octanol–water partition coefficient (Wildman–Crippen LogP) is 2.17. The molecule has 1 saturated carbocycles. The minimum Gasteiger partial charge on any atom is -0.338 e. The standard InChI is InChI=1S/C14H26N2O/c1-3-11(2)14(17)16(13-7-8-13)10-12-6-4-5-9-15-12/h11-13,15H,3-10H2,1-2H3. The maximum absolute atomic E-state index is 12.3. The molecule has 98 valence electrons. The Bertz CT molecular complexity index is 257. The van der Waals surface area contributed by atoms with Crippen molar-refractivity contribution in [3.63, 3.8) is 0 Å². The van der Waals surface area contributed by atoms with Gasteiger partial charge in [0.2, 0.25) is 5.91 Å². The van der Waals surface area contributed by atoms with Crippen molar-refractivity contribution in [2.24, 2.45) is 5.92 Å². The van der Waals surface area contributed by atoms with Gasteiger partial charge in [-0.05, 0) is 38.6 Å². The smallest absolute Gasteiger partial charge is 0.225 e. The van der Waals surface area contributed by atoms with Crippen LogP contribution in [0.25, 0.3) is 0 Å². The zero-order valence-corrected chi connectivity index (χ0v) is 11.2. The van der Waals surface area contributed by atoms with E-state index in [2.05, 4.69) is 24.1 Å². The van der Waals surface area contributed by atoms with Crippen LogP contribution in [0.4, 0.5) is 0 Å². The fraction of sp³-hybridized carbons (Fsp3) is 0.929. The maximum atomic E-state index is 12.3. The number of nitrogens with zero attached hydrogens (tertiary/aromatic N) is 1. The number of carbonyl (C=O) groups is 1. The first kappa shape index (κ1) is 12.9. The van der Waals surface area contributed by atoms with E-state index in [9.17, 15) is 4.79 Å². The lowest BCUT2D eigenvalue weighted by Gasteiger charge is -2.32. The van der Waals surface area contributed by atoms with Gasteiger partial charge in [0, 0.05) is 24.5 Å². The molecule has 2 rings (SSSR count). The Balaban J connectivity index is 1.89. The van der Waals surface area contributed by atoms with Crippen molar-refractivity contribution in [2.75, 3.05) is 13.1 Å². The number of rotatable bonds is 5. The third-order valence-corrected chi connectivity index (χ3v) is 4.13. The van der Waals surface area contributed by atoms with E-state index in [1.807, 2.05) is 0 Å². The summed E-state index contributed by atoms with van der Waals surface area (Å²) in [6, 6.07) is 1.09. The third kappa shape index (κ3) is 3.44. The zero-order valence-electron chi connectivity index (χ0n) is 11.2. The molecule has 1 N–H and O–H groups in total. The van der Waals surface area contributed by atoms with Gasteiger partial charge in [0.1, 0.15) is 0 Å². The van der Waals surface area contributed by atoms with Crippen LogP contribution in [-0.2, 0) is 4.79 Å². The highest BCUT2D eigenvalue weighted by atomic mass is 16.2. The molecule has 0 aromatic heterocycles. The number of piperidine rings is 1. The van der Waals surface area contributed by atoms with E-state index < -0.39 is 0 Å². The highest BCUT2D eigenvalue weighted by molar-refractivity contribution is 5.79. The van der Waals surface area contributed by atoms with Crippen LogP contribution in [0.5, 0.6) is 0 Å². The molecule has 17 heavy (non-hydrogen) atoms. The highest BCUT2D eigenvalue weighted by Crippen LogP contribution is 2.29. The topological polar surface area (TPSA) is 32.3 Å². The van der Waals surface area contributed by atoms with Crippen molar-refractivity contribution in [2.45, 2.75) is 64.5 Å². The molecule has 0 aromatic carbocycles. The first-order valence-electron chi connectivity index (χ1n) is 7.26. The lowest BCUT2D eigenvalue weighted by Crippen LogP contribution is -2.48. The van der Waals surface area contributed by atoms with Crippen molar-refractivity contribution in [3.8, 4) is 0 Å². The van der Waals surface area contributed by atoms with E-state index in [0.29, 0.717) is 18.0 Å². The molecule has 2 aliphatic rings. The van der Waals surface area contributed by atoms with Crippen molar-refractivity contribution >= 4 is 5.91 Å². The minimum atomic E-state index is 0.194. The molecule has 2 fully saturated rings. The normalized spacial score (nSPS) is 26.6. The van der Waals surface area contributed by atoms with Crippen LogP contribution < -0.4 is 5.32 Å². The third-order valence-electron chi connectivity index (χ3n) is 4.13. The van der Waals surface area contributed by atoms with Crippen LogP contribution in [0.1, 0.15) is 52.4 Å². The molecule has 1 amide bonds. The minimum absolute atomic E-state index is 0.194. The van der Waals surface area contributed by atoms with Crippen molar-refractivity contribution in [3.05, 3.63) is 0 Å². The quantitative estimate of drug-likeness (QED) is 0.796. The van der Waals surface area contributed by atoms with E-state index in [4.69, 9.17) is 0 Å². The van der Waals surface area contributed by atoms with Gasteiger partial charge < -0.3 is 10.2 Å². The van der Waals surface area contributed by atoms with Gasteiger partial charge in [-0.2, -0.15) is 0 Å². The second-order valence-electron chi connectivity index (χ2n) is 5.68. The first-order valence-corrected chi connectivity index (χ1v) is 7.26. The Morgan fingerprint density at radius 2 is 2.12 bits per heavy atom. The maximum Gasteiger partial charge on any atom is 0.225 e. The number of hydrogen-bond acceptors (Lipinski definition) is 2.